The summed E-state index contributed by atoms with van der Waals surface area (Å²) in [5, 5.41) is 3.03. The van der Waals surface area contributed by atoms with Crippen LogP contribution >= 0.6 is 0 Å². The van der Waals surface area contributed by atoms with Crippen molar-refractivity contribution in [3.05, 3.63) is 54.1 Å². The van der Waals surface area contributed by atoms with Gasteiger partial charge in [0.05, 0.1) is 11.4 Å². The summed E-state index contributed by atoms with van der Waals surface area (Å²) in [6.07, 6.45) is 1.08. The highest BCUT2D eigenvalue weighted by molar-refractivity contribution is 5.97. The summed E-state index contributed by atoms with van der Waals surface area (Å²) >= 11 is 0. The molecule has 7 heteroatoms. The van der Waals surface area contributed by atoms with Gasteiger partial charge in [0.25, 0.3) is 0 Å². The van der Waals surface area contributed by atoms with Crippen LogP contribution in [0.2, 0.25) is 0 Å². The number of urea groups is 1. The van der Waals surface area contributed by atoms with Gasteiger partial charge in [0.1, 0.15) is 11.6 Å². The smallest absolute Gasteiger partial charge is 0.322 e. The molecule has 5 nitrogen and oxygen atoms in total. The van der Waals surface area contributed by atoms with E-state index in [0.29, 0.717) is 36.9 Å². The molecule has 2 aromatic carbocycles. The monoisotopic (exact) mass is 386 g/mol. The largest absolute Gasteiger partial charge is 0.338 e. The molecule has 0 bridgehead atoms. The van der Waals surface area contributed by atoms with E-state index in [1.54, 1.807) is 23.1 Å². The molecule has 2 aliphatic heterocycles. The first-order valence-electron chi connectivity index (χ1n) is 9.58. The Morgan fingerprint density at radius 2 is 1.79 bits per heavy atom. The average molecular weight is 386 g/mol. The van der Waals surface area contributed by atoms with Gasteiger partial charge in [0, 0.05) is 31.9 Å². The third-order valence-corrected chi connectivity index (χ3v) is 5.48. The van der Waals surface area contributed by atoms with Gasteiger partial charge in [-0.2, -0.15) is 0 Å². The van der Waals surface area contributed by atoms with Gasteiger partial charge >= 0.3 is 6.03 Å². The molecule has 0 radical (unpaired) electrons. The average Bonchev–Trinajstić information content (AvgIpc) is 3.11. The van der Waals surface area contributed by atoms with Gasteiger partial charge < -0.3 is 15.1 Å². The fourth-order valence-corrected chi connectivity index (χ4v) is 4.00. The Balaban J connectivity index is 1.54. The molecule has 28 heavy (non-hydrogen) atoms. The summed E-state index contributed by atoms with van der Waals surface area (Å²) in [7, 11) is 2.08. The molecular weight excluding hydrogens is 362 g/mol. The molecule has 148 valence electrons. The van der Waals surface area contributed by atoms with Crippen LogP contribution in [0.5, 0.6) is 0 Å². The number of amides is 2. The summed E-state index contributed by atoms with van der Waals surface area (Å²) in [4.78, 5) is 18.6. The summed E-state index contributed by atoms with van der Waals surface area (Å²) in [5.74, 6) is -0.233. The number of likely N-dealkylation sites (tertiary alicyclic amines) is 1. The lowest BCUT2D eigenvalue weighted by Crippen LogP contribution is -2.48. The number of anilines is 3. The predicted octanol–water partition coefficient (Wildman–Crippen LogP) is 3.58. The quantitative estimate of drug-likeness (QED) is 0.876. The molecule has 1 fully saturated rings. The van der Waals surface area contributed by atoms with E-state index in [9.17, 15) is 13.6 Å². The van der Waals surface area contributed by atoms with Gasteiger partial charge in [-0.1, -0.05) is 0 Å². The first-order chi connectivity index (χ1) is 13.5. The Bertz CT molecular complexity index is 858. The molecule has 0 saturated carbocycles. The minimum Gasteiger partial charge on any atom is -0.338 e. The van der Waals surface area contributed by atoms with E-state index in [-0.39, 0.29) is 17.7 Å². The Labute approximate surface area is 163 Å². The van der Waals surface area contributed by atoms with Crippen molar-refractivity contribution in [2.24, 2.45) is 5.92 Å². The van der Waals surface area contributed by atoms with Crippen molar-refractivity contribution in [2.45, 2.75) is 6.42 Å². The lowest BCUT2D eigenvalue weighted by Gasteiger charge is -2.37. The van der Waals surface area contributed by atoms with E-state index in [0.717, 1.165) is 25.2 Å². The molecule has 0 aromatic heterocycles. The number of carbonyl (C=O) groups excluding carboxylic acids is 1. The molecule has 4 rings (SSSR count). The molecule has 1 saturated heterocycles. The highest BCUT2D eigenvalue weighted by Gasteiger charge is 2.29. The summed E-state index contributed by atoms with van der Waals surface area (Å²) < 4.78 is 27.2. The summed E-state index contributed by atoms with van der Waals surface area (Å²) in [5.41, 5.74) is 2.02. The number of fused-ring (bicyclic) bond motifs is 1. The van der Waals surface area contributed by atoms with Crippen LogP contribution in [-0.4, -0.2) is 50.7 Å². The number of hydrogen-bond acceptors (Lipinski definition) is 3. The van der Waals surface area contributed by atoms with Crippen molar-refractivity contribution < 1.29 is 13.6 Å². The van der Waals surface area contributed by atoms with Crippen LogP contribution in [0.1, 0.15) is 6.42 Å². The van der Waals surface area contributed by atoms with E-state index in [1.807, 2.05) is 4.90 Å². The zero-order chi connectivity index (χ0) is 19.7. The molecule has 0 unspecified atom stereocenters. The molecule has 1 N–H and O–H groups in total. The van der Waals surface area contributed by atoms with Crippen molar-refractivity contribution >= 4 is 23.1 Å². The maximum atomic E-state index is 14.0. The Morgan fingerprint density at radius 1 is 1.04 bits per heavy atom. The minimum atomic E-state index is -0.373. The van der Waals surface area contributed by atoms with Crippen LogP contribution in [0.25, 0.3) is 0 Å². The predicted molar refractivity (Wildman–Crippen MR) is 106 cm³/mol. The van der Waals surface area contributed by atoms with E-state index in [4.69, 9.17) is 0 Å². The van der Waals surface area contributed by atoms with E-state index >= 15 is 0 Å². The second-order valence-corrected chi connectivity index (χ2v) is 7.52. The first-order valence-corrected chi connectivity index (χ1v) is 9.58. The number of hydrogen-bond donors (Lipinski definition) is 1. The lowest BCUT2D eigenvalue weighted by atomic mass is 10.1. The maximum absolute atomic E-state index is 14.0. The fraction of sp³-hybridized carbons (Fsp3) is 0.381. The van der Waals surface area contributed by atoms with Crippen LogP contribution in [-0.2, 0) is 0 Å². The minimum absolute atomic E-state index is 0.166. The highest BCUT2D eigenvalue weighted by atomic mass is 19.1. The van der Waals surface area contributed by atoms with Crippen molar-refractivity contribution in [1.29, 1.82) is 0 Å². The summed E-state index contributed by atoms with van der Waals surface area (Å²) in [6.45, 7) is 3.64. The zero-order valence-corrected chi connectivity index (χ0v) is 15.9. The SMILES string of the molecule is CN1CC[C@H](CNC(=O)N2CCN(c3ccc(F)cc3)c3cc(F)ccc32)C1. The third-order valence-electron chi connectivity index (χ3n) is 5.48. The molecule has 2 aromatic rings. The van der Waals surface area contributed by atoms with Crippen LogP contribution < -0.4 is 15.1 Å². The standard InChI is InChI=1S/C21H24F2N4O/c1-25-9-8-15(14-25)13-24-21(28)27-11-10-26(18-5-2-16(22)3-6-18)20-12-17(23)4-7-19(20)27/h2-7,12,15H,8-11,13-14H2,1H3,(H,24,28)/t15-/m1/s1. The van der Waals surface area contributed by atoms with Gasteiger partial charge in [0.15, 0.2) is 0 Å². The van der Waals surface area contributed by atoms with Crippen molar-refractivity contribution in [1.82, 2.24) is 10.2 Å². The van der Waals surface area contributed by atoms with Crippen LogP contribution in [0.15, 0.2) is 42.5 Å². The van der Waals surface area contributed by atoms with Gasteiger partial charge in [-0.05, 0) is 68.4 Å². The van der Waals surface area contributed by atoms with Crippen molar-refractivity contribution in [3.8, 4) is 0 Å². The lowest BCUT2D eigenvalue weighted by molar-refractivity contribution is 0.244. The van der Waals surface area contributed by atoms with Gasteiger partial charge in [0.2, 0.25) is 0 Å². The molecular formula is C21H24F2N4O. The van der Waals surface area contributed by atoms with E-state index in [1.165, 1.54) is 24.3 Å². The molecule has 2 aliphatic rings. The van der Waals surface area contributed by atoms with E-state index < -0.39 is 0 Å². The van der Waals surface area contributed by atoms with Gasteiger partial charge in [-0.15, -0.1) is 0 Å². The van der Waals surface area contributed by atoms with Crippen LogP contribution in [0.3, 0.4) is 0 Å². The van der Waals surface area contributed by atoms with Crippen LogP contribution in [0.4, 0.5) is 30.6 Å². The fourth-order valence-electron chi connectivity index (χ4n) is 4.00. The van der Waals surface area contributed by atoms with Crippen LogP contribution in [0, 0.1) is 17.6 Å². The number of benzene rings is 2. The van der Waals surface area contributed by atoms with Gasteiger partial charge in [-0.3, -0.25) is 4.90 Å². The Kier molecular flexibility index (Phi) is 5.17. The number of halogens is 2. The molecule has 1 atom stereocenters. The maximum Gasteiger partial charge on any atom is 0.322 e. The molecule has 2 amide bonds. The number of rotatable bonds is 3. The summed E-state index contributed by atoms with van der Waals surface area (Å²) in [6, 6.07) is 10.3. The topological polar surface area (TPSA) is 38.8 Å². The third kappa shape index (κ3) is 3.80. The second kappa shape index (κ2) is 7.75. The highest BCUT2D eigenvalue weighted by Crippen LogP contribution is 2.38. The number of nitrogens with zero attached hydrogens (tertiary/aromatic N) is 3. The van der Waals surface area contributed by atoms with Crippen molar-refractivity contribution in [3.63, 3.8) is 0 Å². The first kappa shape index (κ1) is 18.7. The van der Waals surface area contributed by atoms with E-state index in [2.05, 4.69) is 17.3 Å². The van der Waals surface area contributed by atoms with Crippen molar-refractivity contribution in [2.75, 3.05) is 49.6 Å². The molecule has 0 spiro atoms. The Morgan fingerprint density at radius 3 is 2.50 bits per heavy atom. The Hall–Kier alpha value is -2.67. The molecule has 2 heterocycles. The second-order valence-electron chi connectivity index (χ2n) is 7.52. The molecule has 0 aliphatic carbocycles. The van der Waals surface area contributed by atoms with Gasteiger partial charge in [-0.25, -0.2) is 13.6 Å². The zero-order valence-electron chi connectivity index (χ0n) is 15.9. The normalized spacial score (nSPS) is 19.6. The number of nitrogens with one attached hydrogen (secondary N) is 1. The number of carbonyl (C=O) groups is 1.